The van der Waals surface area contributed by atoms with Gasteiger partial charge in [0.1, 0.15) is 23.7 Å². The largest absolute Gasteiger partial charge is 0.497 e. The minimum atomic E-state index is -0.494. The number of ether oxygens (including phenoxy) is 5. The van der Waals surface area contributed by atoms with E-state index in [1.54, 1.807) is 7.11 Å². The monoisotopic (exact) mass is 355 g/mol. The summed E-state index contributed by atoms with van der Waals surface area (Å²) >= 11 is 0. The second-order valence-electron chi connectivity index (χ2n) is 6.18. The molecule has 0 fully saturated rings. The molecular formula is C18H29NO6. The normalized spacial score (nSPS) is 11.0. The molecule has 0 saturated heterocycles. The van der Waals surface area contributed by atoms with Gasteiger partial charge in [-0.15, -0.1) is 0 Å². The van der Waals surface area contributed by atoms with Gasteiger partial charge in [-0.3, -0.25) is 0 Å². The summed E-state index contributed by atoms with van der Waals surface area (Å²) in [6.07, 6.45) is -0.443. The number of benzene rings is 1. The first-order chi connectivity index (χ1) is 11.9. The molecule has 0 atom stereocenters. The van der Waals surface area contributed by atoms with Crippen LogP contribution in [0.4, 0.5) is 4.79 Å². The molecule has 0 spiro atoms. The van der Waals surface area contributed by atoms with Crippen molar-refractivity contribution in [1.29, 1.82) is 0 Å². The van der Waals surface area contributed by atoms with E-state index in [1.165, 1.54) is 0 Å². The zero-order valence-electron chi connectivity index (χ0n) is 15.5. The van der Waals surface area contributed by atoms with Crippen molar-refractivity contribution < 1.29 is 28.5 Å². The van der Waals surface area contributed by atoms with Crippen molar-refractivity contribution in [2.24, 2.45) is 0 Å². The molecule has 0 aliphatic rings. The highest BCUT2D eigenvalue weighted by Crippen LogP contribution is 2.18. The van der Waals surface area contributed by atoms with Gasteiger partial charge in [0, 0.05) is 12.6 Å². The molecule has 1 aromatic rings. The van der Waals surface area contributed by atoms with Crippen LogP contribution in [0.1, 0.15) is 20.8 Å². The zero-order chi connectivity index (χ0) is 18.5. The fraction of sp³-hybridized carbons (Fsp3) is 0.611. The van der Waals surface area contributed by atoms with Gasteiger partial charge in [-0.1, -0.05) is 6.07 Å². The van der Waals surface area contributed by atoms with Crippen molar-refractivity contribution in [3.63, 3.8) is 0 Å². The Kier molecular flexibility index (Phi) is 9.72. The van der Waals surface area contributed by atoms with Crippen molar-refractivity contribution in [2.75, 3.05) is 46.7 Å². The van der Waals surface area contributed by atoms with Crippen molar-refractivity contribution in [1.82, 2.24) is 5.32 Å². The van der Waals surface area contributed by atoms with Crippen LogP contribution in [0, 0.1) is 0 Å². The third-order valence-corrected chi connectivity index (χ3v) is 2.82. The Balaban J connectivity index is 1.93. The molecule has 25 heavy (non-hydrogen) atoms. The standard InChI is InChI=1S/C18H29NO6/c1-18(2,3)25-17(20)19-8-9-22-10-11-23-12-13-24-16-7-5-6-15(14-16)21-4/h5-7,14H,8-13H2,1-4H3,(H,19,20). The first-order valence-electron chi connectivity index (χ1n) is 8.30. The van der Waals surface area contributed by atoms with Crippen molar-refractivity contribution in [3.05, 3.63) is 24.3 Å². The summed E-state index contributed by atoms with van der Waals surface area (Å²) in [5.41, 5.74) is -0.494. The van der Waals surface area contributed by atoms with Crippen molar-refractivity contribution in [3.8, 4) is 11.5 Å². The summed E-state index contributed by atoms with van der Waals surface area (Å²) in [4.78, 5) is 11.4. The van der Waals surface area contributed by atoms with Crippen molar-refractivity contribution in [2.45, 2.75) is 26.4 Å². The predicted molar refractivity (Wildman–Crippen MR) is 94.4 cm³/mol. The topological polar surface area (TPSA) is 75.3 Å². The number of hydrogen-bond acceptors (Lipinski definition) is 6. The fourth-order valence-corrected chi connectivity index (χ4v) is 1.77. The maximum absolute atomic E-state index is 11.4. The molecule has 1 N–H and O–H groups in total. The molecule has 0 saturated carbocycles. The number of hydrogen-bond donors (Lipinski definition) is 1. The van der Waals surface area contributed by atoms with E-state index in [9.17, 15) is 4.79 Å². The van der Waals surface area contributed by atoms with Crippen LogP contribution in [0.15, 0.2) is 24.3 Å². The number of amides is 1. The minimum Gasteiger partial charge on any atom is -0.497 e. The van der Waals surface area contributed by atoms with Crippen LogP contribution in [0.2, 0.25) is 0 Å². The summed E-state index contributed by atoms with van der Waals surface area (Å²) in [5, 5.41) is 2.62. The molecule has 1 rings (SSSR count). The van der Waals surface area contributed by atoms with E-state index >= 15 is 0 Å². The zero-order valence-corrected chi connectivity index (χ0v) is 15.5. The summed E-state index contributed by atoms with van der Waals surface area (Å²) in [5.74, 6) is 1.50. The second-order valence-corrected chi connectivity index (χ2v) is 6.18. The molecule has 1 aromatic carbocycles. The molecule has 0 aliphatic carbocycles. The Bertz CT molecular complexity index is 501. The van der Waals surface area contributed by atoms with E-state index in [1.807, 2.05) is 45.0 Å². The third-order valence-electron chi connectivity index (χ3n) is 2.82. The van der Waals surface area contributed by atoms with E-state index in [4.69, 9.17) is 23.7 Å². The summed E-state index contributed by atoms with van der Waals surface area (Å²) in [6, 6.07) is 7.41. The van der Waals surface area contributed by atoms with E-state index in [0.717, 1.165) is 11.5 Å². The Morgan fingerprint density at radius 3 is 2.32 bits per heavy atom. The smallest absolute Gasteiger partial charge is 0.407 e. The summed E-state index contributed by atoms with van der Waals surface area (Å²) in [6.45, 7) is 8.10. The maximum Gasteiger partial charge on any atom is 0.407 e. The van der Waals surface area contributed by atoms with Crippen LogP contribution in [0.3, 0.4) is 0 Å². The minimum absolute atomic E-state index is 0.397. The fourth-order valence-electron chi connectivity index (χ4n) is 1.77. The van der Waals surface area contributed by atoms with Crippen LogP contribution >= 0.6 is 0 Å². The molecule has 0 radical (unpaired) electrons. The van der Waals surface area contributed by atoms with Gasteiger partial charge in [0.25, 0.3) is 0 Å². The lowest BCUT2D eigenvalue weighted by Crippen LogP contribution is -2.34. The van der Waals surface area contributed by atoms with Gasteiger partial charge in [-0.05, 0) is 32.9 Å². The molecular weight excluding hydrogens is 326 g/mol. The molecule has 0 unspecified atom stereocenters. The second kappa shape index (κ2) is 11.5. The first-order valence-corrected chi connectivity index (χ1v) is 8.30. The van der Waals surface area contributed by atoms with E-state index in [2.05, 4.69) is 5.32 Å². The molecule has 7 heteroatoms. The van der Waals surface area contributed by atoms with Gasteiger partial charge in [-0.2, -0.15) is 0 Å². The lowest BCUT2D eigenvalue weighted by molar-refractivity contribution is 0.0327. The summed E-state index contributed by atoms with van der Waals surface area (Å²) < 4.78 is 26.6. The van der Waals surface area contributed by atoms with Gasteiger partial charge in [0.2, 0.25) is 0 Å². The lowest BCUT2D eigenvalue weighted by Gasteiger charge is -2.19. The van der Waals surface area contributed by atoms with Gasteiger partial charge < -0.3 is 29.0 Å². The Hall–Kier alpha value is -1.99. The number of carbonyl (C=O) groups excluding carboxylic acids is 1. The highest BCUT2D eigenvalue weighted by atomic mass is 16.6. The molecule has 0 bridgehead atoms. The molecule has 0 aliphatic heterocycles. The number of alkyl carbamates (subject to hydrolysis) is 1. The van der Waals surface area contributed by atoms with Crippen LogP contribution in [-0.2, 0) is 14.2 Å². The summed E-state index contributed by atoms with van der Waals surface area (Å²) in [7, 11) is 1.62. The van der Waals surface area contributed by atoms with Gasteiger partial charge >= 0.3 is 6.09 Å². The van der Waals surface area contributed by atoms with Crippen LogP contribution in [-0.4, -0.2) is 58.4 Å². The van der Waals surface area contributed by atoms with Crippen LogP contribution in [0.25, 0.3) is 0 Å². The van der Waals surface area contributed by atoms with Gasteiger partial charge in [0.15, 0.2) is 0 Å². The average molecular weight is 355 g/mol. The number of rotatable bonds is 11. The Morgan fingerprint density at radius 2 is 1.64 bits per heavy atom. The highest BCUT2D eigenvalue weighted by Gasteiger charge is 2.15. The predicted octanol–water partition coefficient (Wildman–Crippen LogP) is 2.63. The first kappa shape index (κ1) is 21.1. The molecule has 0 aromatic heterocycles. The Labute approximate surface area is 149 Å². The number of carbonyl (C=O) groups is 1. The average Bonchev–Trinajstić information content (AvgIpc) is 2.55. The van der Waals surface area contributed by atoms with E-state index in [0.29, 0.717) is 39.6 Å². The molecule has 0 heterocycles. The van der Waals surface area contributed by atoms with Gasteiger partial charge in [-0.25, -0.2) is 4.79 Å². The van der Waals surface area contributed by atoms with Gasteiger partial charge in [0.05, 0.1) is 33.5 Å². The lowest BCUT2D eigenvalue weighted by atomic mass is 10.2. The number of methoxy groups -OCH3 is 1. The highest BCUT2D eigenvalue weighted by molar-refractivity contribution is 5.67. The SMILES string of the molecule is COc1cccc(OCCOCCOCCNC(=O)OC(C)(C)C)c1. The van der Waals surface area contributed by atoms with E-state index < -0.39 is 11.7 Å². The quantitative estimate of drug-likeness (QED) is 0.615. The molecule has 1 amide bonds. The van der Waals surface area contributed by atoms with Crippen LogP contribution in [0.5, 0.6) is 11.5 Å². The maximum atomic E-state index is 11.4. The van der Waals surface area contributed by atoms with E-state index in [-0.39, 0.29) is 0 Å². The molecule has 142 valence electrons. The molecule has 7 nitrogen and oxygen atoms in total. The Morgan fingerprint density at radius 1 is 1.00 bits per heavy atom. The van der Waals surface area contributed by atoms with Crippen LogP contribution < -0.4 is 14.8 Å². The number of nitrogens with one attached hydrogen (secondary N) is 1. The third kappa shape index (κ3) is 11.2. The van der Waals surface area contributed by atoms with Crippen molar-refractivity contribution >= 4 is 6.09 Å².